The van der Waals surface area contributed by atoms with E-state index in [-0.39, 0.29) is 5.92 Å². The number of nitrogens with zero attached hydrogens (tertiary/aromatic N) is 4. The average molecular weight is 333 g/mol. The highest BCUT2D eigenvalue weighted by atomic mass is 32.2. The van der Waals surface area contributed by atoms with Crippen LogP contribution in [0.2, 0.25) is 0 Å². The van der Waals surface area contributed by atoms with Crippen molar-refractivity contribution in [1.29, 1.82) is 0 Å². The lowest BCUT2D eigenvalue weighted by atomic mass is 9.81. The van der Waals surface area contributed by atoms with E-state index in [9.17, 15) is 8.42 Å². The summed E-state index contributed by atoms with van der Waals surface area (Å²) in [6, 6.07) is 2.00. The Morgan fingerprint density at radius 2 is 2.09 bits per heavy atom. The molecule has 0 saturated heterocycles. The van der Waals surface area contributed by atoms with E-state index in [1.807, 2.05) is 12.3 Å². The third-order valence-corrected chi connectivity index (χ3v) is 5.85. The second kappa shape index (κ2) is 5.30. The number of H-pyrrole nitrogens is 1. The fraction of sp³-hybridized carbons (Fsp3) is 0.533. The average Bonchev–Trinajstić information content (AvgIpc) is 3.12. The highest BCUT2D eigenvalue weighted by molar-refractivity contribution is 7.90. The lowest BCUT2D eigenvalue weighted by Crippen LogP contribution is -2.21. The lowest BCUT2D eigenvalue weighted by Gasteiger charge is -2.26. The summed E-state index contributed by atoms with van der Waals surface area (Å²) < 4.78 is 24.7. The van der Waals surface area contributed by atoms with Gasteiger partial charge >= 0.3 is 0 Å². The van der Waals surface area contributed by atoms with Crippen molar-refractivity contribution in [2.45, 2.75) is 31.6 Å². The van der Waals surface area contributed by atoms with Gasteiger partial charge < -0.3 is 4.98 Å². The van der Waals surface area contributed by atoms with Crippen LogP contribution >= 0.6 is 0 Å². The van der Waals surface area contributed by atoms with Crippen LogP contribution in [0, 0.1) is 5.92 Å². The minimum absolute atomic E-state index is 0.275. The maximum absolute atomic E-state index is 11.5. The molecule has 1 fully saturated rings. The topological polar surface area (TPSA) is 93.0 Å². The van der Waals surface area contributed by atoms with E-state index in [4.69, 9.17) is 0 Å². The summed E-state index contributed by atoms with van der Waals surface area (Å²) in [7, 11) is -2.90. The maximum atomic E-state index is 11.5. The molecule has 0 aliphatic heterocycles. The van der Waals surface area contributed by atoms with E-state index in [0.29, 0.717) is 11.7 Å². The van der Waals surface area contributed by atoms with Crippen molar-refractivity contribution in [1.82, 2.24) is 24.8 Å². The van der Waals surface area contributed by atoms with Gasteiger partial charge in [0.1, 0.15) is 27.3 Å². The Morgan fingerprint density at radius 1 is 1.30 bits per heavy atom. The molecule has 1 N–H and O–H groups in total. The van der Waals surface area contributed by atoms with Crippen molar-refractivity contribution < 1.29 is 8.42 Å². The van der Waals surface area contributed by atoms with Gasteiger partial charge in [0.15, 0.2) is 0 Å². The molecule has 0 radical (unpaired) electrons. The summed E-state index contributed by atoms with van der Waals surface area (Å²) in [5.41, 5.74) is 2.87. The fourth-order valence-corrected chi connectivity index (χ4v) is 4.91. The lowest BCUT2D eigenvalue weighted by molar-refractivity contribution is 0.346. The molecule has 122 valence electrons. The van der Waals surface area contributed by atoms with Gasteiger partial charge in [-0.15, -0.1) is 5.10 Å². The molecule has 3 heterocycles. The van der Waals surface area contributed by atoms with Crippen LogP contribution in [-0.4, -0.2) is 45.2 Å². The van der Waals surface area contributed by atoms with E-state index >= 15 is 0 Å². The Hall–Kier alpha value is -1.96. The summed E-state index contributed by atoms with van der Waals surface area (Å²) in [6.45, 7) is 0. The molecule has 0 spiro atoms. The number of aromatic amines is 1. The van der Waals surface area contributed by atoms with Crippen molar-refractivity contribution in [3.63, 3.8) is 0 Å². The molecule has 1 aliphatic carbocycles. The molecule has 0 bridgehead atoms. The molecule has 1 saturated carbocycles. The van der Waals surface area contributed by atoms with Gasteiger partial charge in [-0.2, -0.15) is 0 Å². The SMILES string of the molecule is CS(=O)(=O)CC1CCC(c2nnn3cnc4[nH]ccc4c23)CC1. The smallest absolute Gasteiger partial charge is 0.147 e. The number of aromatic nitrogens is 5. The van der Waals surface area contributed by atoms with Crippen LogP contribution in [0.25, 0.3) is 16.6 Å². The number of fused-ring (bicyclic) bond motifs is 3. The van der Waals surface area contributed by atoms with Crippen LogP contribution in [0.1, 0.15) is 37.3 Å². The molecular formula is C15H19N5O2S. The van der Waals surface area contributed by atoms with Crippen molar-refractivity contribution >= 4 is 26.4 Å². The van der Waals surface area contributed by atoms with Crippen LogP contribution in [0.15, 0.2) is 18.6 Å². The fourth-order valence-electron chi connectivity index (χ4n) is 3.72. The van der Waals surface area contributed by atoms with Crippen LogP contribution in [0.4, 0.5) is 0 Å². The van der Waals surface area contributed by atoms with Gasteiger partial charge in [0.25, 0.3) is 0 Å². The molecule has 1 aliphatic rings. The highest BCUT2D eigenvalue weighted by Gasteiger charge is 2.28. The zero-order valence-electron chi connectivity index (χ0n) is 12.9. The summed E-state index contributed by atoms with van der Waals surface area (Å²) in [6.07, 6.45) is 8.65. The summed E-state index contributed by atoms with van der Waals surface area (Å²) in [5.74, 6) is 0.911. The summed E-state index contributed by atoms with van der Waals surface area (Å²) >= 11 is 0. The van der Waals surface area contributed by atoms with E-state index in [0.717, 1.165) is 47.9 Å². The molecule has 0 atom stereocenters. The zero-order valence-corrected chi connectivity index (χ0v) is 13.8. The maximum Gasteiger partial charge on any atom is 0.147 e. The molecule has 0 aromatic carbocycles. The van der Waals surface area contributed by atoms with E-state index in [2.05, 4.69) is 20.3 Å². The second-order valence-electron chi connectivity index (χ2n) is 6.56. The molecule has 4 rings (SSSR count). The number of hydrogen-bond donors (Lipinski definition) is 1. The first-order chi connectivity index (χ1) is 11.0. The van der Waals surface area contributed by atoms with Gasteiger partial charge in [-0.25, -0.2) is 17.9 Å². The minimum atomic E-state index is -2.90. The molecule has 0 unspecified atom stereocenters. The number of hydrogen-bond acceptors (Lipinski definition) is 5. The zero-order chi connectivity index (χ0) is 16.0. The summed E-state index contributed by atoms with van der Waals surface area (Å²) in [5, 5.41) is 9.62. The minimum Gasteiger partial charge on any atom is -0.346 e. The van der Waals surface area contributed by atoms with Crippen LogP contribution < -0.4 is 0 Å². The first-order valence-electron chi connectivity index (χ1n) is 7.86. The van der Waals surface area contributed by atoms with Crippen LogP contribution in [-0.2, 0) is 9.84 Å². The van der Waals surface area contributed by atoms with Gasteiger partial charge in [-0.1, -0.05) is 5.21 Å². The number of rotatable bonds is 3. The largest absolute Gasteiger partial charge is 0.346 e. The van der Waals surface area contributed by atoms with Crippen molar-refractivity contribution in [3.8, 4) is 0 Å². The van der Waals surface area contributed by atoms with Crippen molar-refractivity contribution in [2.24, 2.45) is 5.92 Å². The van der Waals surface area contributed by atoms with Gasteiger partial charge in [0, 0.05) is 23.8 Å². The normalized spacial score (nSPS) is 22.8. The third-order valence-electron chi connectivity index (χ3n) is 4.77. The van der Waals surface area contributed by atoms with E-state index in [1.54, 1.807) is 10.8 Å². The Labute approximate surface area is 134 Å². The number of nitrogens with one attached hydrogen (secondary N) is 1. The van der Waals surface area contributed by atoms with Gasteiger partial charge in [0.05, 0.1) is 11.4 Å². The first kappa shape index (κ1) is 14.6. The molecule has 0 amide bonds. The quantitative estimate of drug-likeness (QED) is 0.790. The summed E-state index contributed by atoms with van der Waals surface area (Å²) in [4.78, 5) is 7.44. The molecular weight excluding hydrogens is 314 g/mol. The predicted molar refractivity (Wildman–Crippen MR) is 87.0 cm³/mol. The Kier molecular flexibility index (Phi) is 3.37. The Balaban J connectivity index is 1.62. The van der Waals surface area contributed by atoms with Crippen LogP contribution in [0.3, 0.4) is 0 Å². The molecule has 3 aromatic heterocycles. The number of sulfone groups is 1. The molecule has 23 heavy (non-hydrogen) atoms. The van der Waals surface area contributed by atoms with Gasteiger partial charge in [-0.05, 0) is 37.7 Å². The van der Waals surface area contributed by atoms with Crippen LogP contribution in [0.5, 0.6) is 0 Å². The first-order valence-corrected chi connectivity index (χ1v) is 9.92. The Morgan fingerprint density at radius 3 is 2.83 bits per heavy atom. The third kappa shape index (κ3) is 2.71. The molecule has 3 aromatic rings. The van der Waals surface area contributed by atoms with Gasteiger partial charge in [-0.3, -0.25) is 0 Å². The van der Waals surface area contributed by atoms with Gasteiger partial charge in [0.2, 0.25) is 0 Å². The predicted octanol–water partition coefficient (Wildman–Crippen LogP) is 1.92. The molecule has 7 nitrogen and oxygen atoms in total. The standard InChI is InChI=1S/C15H19N5O2S/c1-23(21,22)8-10-2-4-11(5-3-10)13-14-12-6-7-16-15(12)17-9-20(14)19-18-13/h6-7,9-11,16H,2-5,8H2,1H3. The second-order valence-corrected chi connectivity index (χ2v) is 8.75. The van der Waals surface area contributed by atoms with E-state index < -0.39 is 9.84 Å². The van der Waals surface area contributed by atoms with Crippen molar-refractivity contribution in [3.05, 3.63) is 24.3 Å². The highest BCUT2D eigenvalue weighted by Crippen LogP contribution is 2.38. The molecule has 8 heteroatoms. The monoisotopic (exact) mass is 333 g/mol. The van der Waals surface area contributed by atoms with E-state index in [1.165, 1.54) is 6.26 Å². The Bertz CT molecular complexity index is 951. The van der Waals surface area contributed by atoms with Crippen molar-refractivity contribution in [2.75, 3.05) is 12.0 Å².